The van der Waals surface area contributed by atoms with E-state index in [-0.39, 0.29) is 29.3 Å². The van der Waals surface area contributed by atoms with Crippen LogP contribution >= 0.6 is 0 Å². The topological polar surface area (TPSA) is 146 Å². The maximum atomic E-state index is 12.5. The molecular formula is C28H33N5O5S. The number of fused-ring (bicyclic) bond motifs is 2. The highest BCUT2D eigenvalue weighted by Crippen LogP contribution is 2.43. The Morgan fingerprint density at radius 1 is 1.13 bits per heavy atom. The molecule has 0 spiro atoms. The van der Waals surface area contributed by atoms with Crippen LogP contribution in [0.3, 0.4) is 0 Å². The van der Waals surface area contributed by atoms with E-state index in [0.29, 0.717) is 47.5 Å². The number of rotatable bonds is 7. The van der Waals surface area contributed by atoms with Crippen LogP contribution in [-0.2, 0) is 14.6 Å². The van der Waals surface area contributed by atoms with E-state index in [1.165, 1.54) is 6.26 Å². The molecule has 4 heterocycles. The highest BCUT2D eigenvalue weighted by Gasteiger charge is 2.41. The molecule has 2 saturated carbocycles. The van der Waals surface area contributed by atoms with Gasteiger partial charge in [-0.1, -0.05) is 6.92 Å². The number of carbonyl (C=O) groups is 1. The van der Waals surface area contributed by atoms with Crippen molar-refractivity contribution in [2.45, 2.75) is 75.4 Å². The van der Waals surface area contributed by atoms with E-state index in [4.69, 9.17) is 20.2 Å². The number of esters is 1. The lowest BCUT2D eigenvalue weighted by molar-refractivity contribution is -0.0189. The lowest BCUT2D eigenvalue weighted by Crippen LogP contribution is -2.42. The lowest BCUT2D eigenvalue weighted by Gasteiger charge is -2.36. The van der Waals surface area contributed by atoms with Crippen LogP contribution in [0.1, 0.15) is 80.0 Å². The molecule has 3 aromatic rings. The SMILES string of the molecule is C[C@@H]1c2nc(Nc3cc4c([C@@H](N)C5CC5)cnc(OC5CC(S(C)(=O)=O)C5)c4cn3)ccc2C(=O)OC1(C)C. The van der Waals surface area contributed by atoms with Crippen LogP contribution in [-0.4, -0.2) is 52.5 Å². The van der Waals surface area contributed by atoms with Crippen molar-refractivity contribution in [2.75, 3.05) is 11.6 Å². The van der Waals surface area contributed by atoms with Crippen molar-refractivity contribution >= 4 is 38.2 Å². The maximum absolute atomic E-state index is 12.5. The Hall–Kier alpha value is -3.31. The quantitative estimate of drug-likeness (QED) is 0.410. The summed E-state index contributed by atoms with van der Waals surface area (Å²) in [6.07, 6.45) is 7.60. The normalized spacial score (nSPS) is 24.8. The number of hydrogen-bond donors (Lipinski definition) is 2. The van der Waals surface area contributed by atoms with Crippen LogP contribution in [0.25, 0.3) is 10.8 Å². The minimum Gasteiger partial charge on any atom is -0.474 e. The second-order valence-electron chi connectivity index (χ2n) is 11.6. The Kier molecular flexibility index (Phi) is 6.07. The number of aromatic nitrogens is 3. The molecule has 0 amide bonds. The summed E-state index contributed by atoms with van der Waals surface area (Å²) in [5.41, 5.74) is 8.03. The second-order valence-corrected chi connectivity index (χ2v) is 14.0. The van der Waals surface area contributed by atoms with Gasteiger partial charge in [-0.05, 0) is 61.8 Å². The van der Waals surface area contributed by atoms with E-state index in [9.17, 15) is 13.2 Å². The van der Waals surface area contributed by atoms with Crippen molar-refractivity contribution in [3.8, 4) is 5.88 Å². The van der Waals surface area contributed by atoms with Gasteiger partial charge < -0.3 is 20.5 Å². The van der Waals surface area contributed by atoms with E-state index in [1.54, 1.807) is 24.5 Å². The molecule has 0 bridgehead atoms. The van der Waals surface area contributed by atoms with E-state index >= 15 is 0 Å². The van der Waals surface area contributed by atoms with Gasteiger partial charge in [0.15, 0.2) is 9.84 Å². The maximum Gasteiger partial charge on any atom is 0.340 e. The Balaban J connectivity index is 1.32. The number of nitrogens with zero attached hydrogens (tertiary/aromatic N) is 3. The first-order valence-electron chi connectivity index (χ1n) is 13.3. The Morgan fingerprint density at radius 3 is 2.56 bits per heavy atom. The van der Waals surface area contributed by atoms with Gasteiger partial charge in [-0.2, -0.15) is 0 Å². The molecule has 0 radical (unpaired) electrons. The standard InChI is InChI=1S/C28H33N5O5S/c1-14-25-18(27(34)38-28(14,2)3)7-8-22(33-25)32-23-11-19-20(24(29)15-5-6-15)12-31-26(21(19)13-30-23)37-16-9-17(10-16)39(4,35)36/h7-8,11-17,24H,5-6,9-10,29H2,1-4H3,(H,30,32,33)/t14-,16?,17?,24+/m1/s1. The first-order valence-corrected chi connectivity index (χ1v) is 15.3. The van der Waals surface area contributed by atoms with Crippen LogP contribution < -0.4 is 15.8 Å². The summed E-state index contributed by atoms with van der Waals surface area (Å²) in [6.45, 7) is 5.76. The largest absolute Gasteiger partial charge is 0.474 e. The second kappa shape index (κ2) is 9.12. The molecule has 0 saturated heterocycles. The molecule has 0 aromatic carbocycles. The van der Waals surface area contributed by atoms with Gasteiger partial charge in [0, 0.05) is 43.5 Å². The van der Waals surface area contributed by atoms with Gasteiger partial charge >= 0.3 is 5.97 Å². The molecular weight excluding hydrogens is 518 g/mol. The number of cyclic esters (lactones) is 1. The average molecular weight is 552 g/mol. The van der Waals surface area contributed by atoms with Gasteiger partial charge in [0.1, 0.15) is 23.3 Å². The third-order valence-electron chi connectivity index (χ3n) is 8.40. The van der Waals surface area contributed by atoms with E-state index in [2.05, 4.69) is 15.3 Å². The Labute approximate surface area is 227 Å². The number of sulfone groups is 1. The monoisotopic (exact) mass is 551 g/mol. The van der Waals surface area contributed by atoms with Crippen LogP contribution in [0.4, 0.5) is 11.6 Å². The fourth-order valence-corrected chi connectivity index (χ4v) is 6.41. The molecule has 2 atom stereocenters. The summed E-state index contributed by atoms with van der Waals surface area (Å²) in [5, 5.41) is 4.52. The van der Waals surface area contributed by atoms with Gasteiger partial charge in [-0.15, -0.1) is 0 Å². The van der Waals surface area contributed by atoms with E-state index in [0.717, 1.165) is 29.2 Å². The number of hydrogen-bond acceptors (Lipinski definition) is 10. The number of pyridine rings is 3. The van der Waals surface area contributed by atoms with Crippen molar-refractivity contribution in [3.05, 3.63) is 47.4 Å². The third-order valence-corrected chi connectivity index (χ3v) is 10.00. The number of anilines is 2. The molecule has 39 heavy (non-hydrogen) atoms. The van der Waals surface area contributed by atoms with Crippen LogP contribution in [0.15, 0.2) is 30.6 Å². The van der Waals surface area contributed by atoms with Crippen molar-refractivity contribution < 1.29 is 22.7 Å². The lowest BCUT2D eigenvalue weighted by atomic mass is 9.84. The summed E-state index contributed by atoms with van der Waals surface area (Å²) in [7, 11) is -3.08. The van der Waals surface area contributed by atoms with Gasteiger partial charge in [0.2, 0.25) is 5.88 Å². The highest BCUT2D eigenvalue weighted by atomic mass is 32.2. The van der Waals surface area contributed by atoms with Crippen molar-refractivity contribution in [3.63, 3.8) is 0 Å². The molecule has 2 aliphatic carbocycles. The van der Waals surface area contributed by atoms with Gasteiger partial charge in [-0.25, -0.2) is 28.2 Å². The smallest absolute Gasteiger partial charge is 0.340 e. The highest BCUT2D eigenvalue weighted by molar-refractivity contribution is 7.91. The summed E-state index contributed by atoms with van der Waals surface area (Å²) in [4.78, 5) is 26.4. The van der Waals surface area contributed by atoms with Crippen molar-refractivity contribution in [1.29, 1.82) is 0 Å². The minimum atomic E-state index is -3.08. The third kappa shape index (κ3) is 4.82. The number of ether oxygens (including phenoxy) is 2. The molecule has 3 N–H and O–H groups in total. The molecule has 6 rings (SSSR count). The number of nitrogens with two attached hydrogens (primary N) is 1. The van der Waals surface area contributed by atoms with Crippen molar-refractivity contribution in [1.82, 2.24) is 15.0 Å². The molecule has 2 fully saturated rings. The zero-order chi connectivity index (χ0) is 27.7. The molecule has 11 heteroatoms. The predicted octanol–water partition coefficient (Wildman–Crippen LogP) is 4.19. The molecule has 3 aromatic heterocycles. The molecule has 3 aliphatic rings. The van der Waals surface area contributed by atoms with Gasteiger partial charge in [-0.3, -0.25) is 0 Å². The summed E-state index contributed by atoms with van der Waals surface area (Å²) in [5.74, 6) is 1.53. The summed E-state index contributed by atoms with van der Waals surface area (Å²) in [6, 6.07) is 5.24. The van der Waals surface area contributed by atoms with E-state index in [1.807, 2.05) is 26.8 Å². The predicted molar refractivity (Wildman–Crippen MR) is 147 cm³/mol. The van der Waals surface area contributed by atoms with Crippen LogP contribution in [0.2, 0.25) is 0 Å². The van der Waals surface area contributed by atoms with Gasteiger partial charge in [0.05, 0.1) is 21.9 Å². The average Bonchev–Trinajstić information content (AvgIpc) is 3.68. The number of nitrogens with one attached hydrogen (secondary N) is 1. The Morgan fingerprint density at radius 2 is 1.87 bits per heavy atom. The fourth-order valence-electron chi connectivity index (χ4n) is 5.28. The summed E-state index contributed by atoms with van der Waals surface area (Å²) >= 11 is 0. The van der Waals surface area contributed by atoms with Crippen LogP contribution in [0, 0.1) is 5.92 Å². The van der Waals surface area contributed by atoms with E-state index < -0.39 is 15.4 Å². The van der Waals surface area contributed by atoms with Gasteiger partial charge in [0.25, 0.3) is 0 Å². The molecule has 10 nitrogen and oxygen atoms in total. The van der Waals surface area contributed by atoms with Crippen LogP contribution in [0.5, 0.6) is 5.88 Å². The summed E-state index contributed by atoms with van der Waals surface area (Å²) < 4.78 is 35.3. The molecule has 206 valence electrons. The zero-order valence-corrected chi connectivity index (χ0v) is 23.3. The minimum absolute atomic E-state index is 0.0840. The number of carbonyl (C=O) groups excluding carboxylic acids is 1. The van der Waals surface area contributed by atoms with Crippen molar-refractivity contribution in [2.24, 2.45) is 11.7 Å². The Bertz CT molecular complexity index is 1580. The first-order chi connectivity index (χ1) is 18.4. The first kappa shape index (κ1) is 25.9. The molecule has 0 unspecified atom stereocenters. The zero-order valence-electron chi connectivity index (χ0n) is 22.5. The molecule has 1 aliphatic heterocycles. The fraction of sp³-hybridized carbons (Fsp3) is 0.500.